The number of thiazole rings is 1. The monoisotopic (exact) mass is 307 g/mol. The Labute approximate surface area is 124 Å². The molecular weight excluding hydrogens is 294 g/mol. The fourth-order valence-corrected chi connectivity index (χ4v) is 2.85. The Bertz CT molecular complexity index is 691. The van der Waals surface area contributed by atoms with Crippen molar-refractivity contribution in [2.75, 3.05) is 25.5 Å². The van der Waals surface area contributed by atoms with Crippen molar-refractivity contribution in [3.8, 4) is 5.88 Å². The minimum atomic E-state index is -0.256. The number of ketones is 1. The van der Waals surface area contributed by atoms with Crippen molar-refractivity contribution in [3.63, 3.8) is 0 Å². The van der Waals surface area contributed by atoms with Crippen molar-refractivity contribution in [2.24, 2.45) is 0 Å². The number of fused-ring (bicyclic) bond motifs is 1. The summed E-state index contributed by atoms with van der Waals surface area (Å²) in [6, 6.07) is -0.256. The molecular formula is C12H13N5O3S. The number of carbonyl (C=O) groups excluding carboxylic acids is 2. The Morgan fingerprint density at radius 3 is 2.86 bits per heavy atom. The van der Waals surface area contributed by atoms with E-state index in [1.165, 1.54) is 24.8 Å². The molecule has 1 aliphatic rings. The summed E-state index contributed by atoms with van der Waals surface area (Å²) in [4.78, 5) is 37.9. The molecule has 0 aliphatic carbocycles. The average molecular weight is 307 g/mol. The topological polar surface area (TPSA) is 97.3 Å². The van der Waals surface area contributed by atoms with Crippen LogP contribution >= 0.6 is 11.3 Å². The summed E-state index contributed by atoms with van der Waals surface area (Å²) >= 11 is 1.25. The molecule has 0 radical (unpaired) electrons. The minimum absolute atomic E-state index is 0.194. The van der Waals surface area contributed by atoms with E-state index in [4.69, 9.17) is 4.74 Å². The van der Waals surface area contributed by atoms with E-state index in [1.807, 2.05) is 0 Å². The van der Waals surface area contributed by atoms with Crippen LogP contribution in [0, 0.1) is 0 Å². The second kappa shape index (κ2) is 5.60. The third-order valence-electron chi connectivity index (χ3n) is 3.18. The molecule has 2 amide bonds. The summed E-state index contributed by atoms with van der Waals surface area (Å²) in [7, 11) is 1.50. The molecule has 110 valence electrons. The summed E-state index contributed by atoms with van der Waals surface area (Å²) in [5.74, 6) is 0.569. The molecule has 1 saturated heterocycles. The molecule has 1 fully saturated rings. The number of anilines is 1. The van der Waals surface area contributed by atoms with Crippen LogP contribution in [-0.4, -0.2) is 51.9 Å². The summed E-state index contributed by atoms with van der Waals surface area (Å²) in [5.41, 5.74) is 0.522. The number of nitrogens with zero attached hydrogens (tertiary/aromatic N) is 4. The second-order valence-corrected chi connectivity index (χ2v) is 5.49. The van der Waals surface area contributed by atoms with E-state index < -0.39 is 0 Å². The number of carbonyl (C=O) groups is 2. The number of Topliss-reactive ketones (excluding diaryl/α,β-unsaturated/α-hetero) is 1. The highest BCUT2D eigenvalue weighted by atomic mass is 32.1. The Morgan fingerprint density at radius 1 is 1.38 bits per heavy atom. The fourth-order valence-electron chi connectivity index (χ4n) is 2.07. The zero-order valence-electron chi connectivity index (χ0n) is 11.3. The molecule has 0 aromatic carbocycles. The van der Waals surface area contributed by atoms with E-state index in [9.17, 15) is 9.59 Å². The molecule has 3 heterocycles. The number of amides is 2. The number of hydrogen-bond acceptors (Lipinski definition) is 7. The SMILES string of the molecule is COc1ncnc2sc(NC(=O)N3CCC(=O)CC3)nc12. The Kier molecular flexibility index (Phi) is 3.65. The van der Waals surface area contributed by atoms with Crippen LogP contribution in [0.15, 0.2) is 6.33 Å². The molecule has 1 aliphatic heterocycles. The van der Waals surface area contributed by atoms with Crippen LogP contribution in [0.4, 0.5) is 9.93 Å². The second-order valence-electron chi connectivity index (χ2n) is 4.51. The maximum Gasteiger partial charge on any atom is 0.323 e. The van der Waals surface area contributed by atoms with Crippen LogP contribution in [0.2, 0.25) is 0 Å². The predicted octanol–water partition coefficient (Wildman–Crippen LogP) is 1.29. The van der Waals surface area contributed by atoms with Gasteiger partial charge in [-0.05, 0) is 0 Å². The van der Waals surface area contributed by atoms with Gasteiger partial charge in [-0.25, -0.2) is 14.8 Å². The van der Waals surface area contributed by atoms with E-state index >= 15 is 0 Å². The normalized spacial score (nSPS) is 15.3. The average Bonchev–Trinajstić information content (AvgIpc) is 2.90. The molecule has 0 saturated carbocycles. The third kappa shape index (κ3) is 2.77. The minimum Gasteiger partial charge on any atom is -0.479 e. The fraction of sp³-hybridized carbons (Fsp3) is 0.417. The summed E-state index contributed by atoms with van der Waals surface area (Å²) in [6.07, 6.45) is 2.21. The van der Waals surface area contributed by atoms with Gasteiger partial charge in [-0.3, -0.25) is 10.1 Å². The van der Waals surface area contributed by atoms with Crippen molar-refractivity contribution < 1.29 is 14.3 Å². The van der Waals surface area contributed by atoms with Crippen LogP contribution in [-0.2, 0) is 4.79 Å². The van der Waals surface area contributed by atoms with Gasteiger partial charge in [0.05, 0.1) is 7.11 Å². The first kappa shape index (κ1) is 13.7. The number of urea groups is 1. The largest absolute Gasteiger partial charge is 0.479 e. The third-order valence-corrected chi connectivity index (χ3v) is 4.06. The molecule has 0 bridgehead atoms. The summed E-state index contributed by atoms with van der Waals surface area (Å²) in [6.45, 7) is 0.886. The molecule has 3 rings (SSSR count). The number of piperidine rings is 1. The van der Waals surface area contributed by atoms with Gasteiger partial charge in [0.25, 0.3) is 0 Å². The van der Waals surface area contributed by atoms with Crippen LogP contribution in [0.5, 0.6) is 5.88 Å². The van der Waals surface area contributed by atoms with E-state index in [2.05, 4.69) is 20.3 Å². The molecule has 0 atom stereocenters. The maximum absolute atomic E-state index is 12.1. The van der Waals surface area contributed by atoms with Crippen molar-refractivity contribution in [1.29, 1.82) is 0 Å². The zero-order valence-corrected chi connectivity index (χ0v) is 12.1. The van der Waals surface area contributed by atoms with E-state index in [1.54, 1.807) is 4.90 Å². The molecule has 2 aromatic heterocycles. The molecule has 0 unspecified atom stereocenters. The number of rotatable bonds is 2. The van der Waals surface area contributed by atoms with Crippen LogP contribution in [0.1, 0.15) is 12.8 Å². The molecule has 1 N–H and O–H groups in total. The van der Waals surface area contributed by atoms with E-state index in [0.29, 0.717) is 47.3 Å². The highest BCUT2D eigenvalue weighted by molar-refractivity contribution is 7.22. The Balaban J connectivity index is 1.75. The van der Waals surface area contributed by atoms with Crippen LogP contribution < -0.4 is 10.1 Å². The number of likely N-dealkylation sites (tertiary alicyclic amines) is 1. The molecule has 0 spiro atoms. The zero-order chi connectivity index (χ0) is 14.8. The van der Waals surface area contributed by atoms with Crippen LogP contribution in [0.25, 0.3) is 10.3 Å². The van der Waals surface area contributed by atoms with Gasteiger partial charge in [-0.1, -0.05) is 11.3 Å². The van der Waals surface area contributed by atoms with Gasteiger partial charge < -0.3 is 9.64 Å². The first-order valence-electron chi connectivity index (χ1n) is 6.40. The first-order chi connectivity index (χ1) is 10.2. The lowest BCUT2D eigenvalue weighted by molar-refractivity contribution is -0.120. The van der Waals surface area contributed by atoms with Crippen molar-refractivity contribution in [3.05, 3.63) is 6.33 Å². The number of nitrogens with one attached hydrogen (secondary N) is 1. The Hall–Kier alpha value is -2.29. The van der Waals surface area contributed by atoms with Gasteiger partial charge in [0.15, 0.2) is 15.5 Å². The smallest absolute Gasteiger partial charge is 0.323 e. The van der Waals surface area contributed by atoms with Gasteiger partial charge in [-0.2, -0.15) is 4.98 Å². The highest BCUT2D eigenvalue weighted by Gasteiger charge is 2.22. The van der Waals surface area contributed by atoms with E-state index in [0.717, 1.165) is 0 Å². The van der Waals surface area contributed by atoms with Crippen molar-refractivity contribution in [1.82, 2.24) is 19.9 Å². The maximum atomic E-state index is 12.1. The summed E-state index contributed by atoms with van der Waals surface area (Å²) in [5, 5.41) is 3.16. The van der Waals surface area contributed by atoms with Crippen molar-refractivity contribution in [2.45, 2.75) is 12.8 Å². The van der Waals surface area contributed by atoms with Gasteiger partial charge >= 0.3 is 6.03 Å². The molecule has 2 aromatic rings. The lowest BCUT2D eigenvalue weighted by Gasteiger charge is -2.25. The number of ether oxygens (including phenoxy) is 1. The molecule has 8 nitrogen and oxygen atoms in total. The van der Waals surface area contributed by atoms with Gasteiger partial charge in [0.2, 0.25) is 5.88 Å². The van der Waals surface area contributed by atoms with Crippen molar-refractivity contribution >= 4 is 38.6 Å². The highest BCUT2D eigenvalue weighted by Crippen LogP contribution is 2.28. The molecule has 21 heavy (non-hydrogen) atoms. The molecule has 9 heteroatoms. The van der Waals surface area contributed by atoms with Crippen LogP contribution in [0.3, 0.4) is 0 Å². The quantitative estimate of drug-likeness (QED) is 0.898. The summed E-state index contributed by atoms with van der Waals surface area (Å²) < 4.78 is 5.11. The van der Waals surface area contributed by atoms with Gasteiger partial charge in [-0.15, -0.1) is 0 Å². The predicted molar refractivity (Wildman–Crippen MR) is 76.6 cm³/mol. The van der Waals surface area contributed by atoms with Gasteiger partial charge in [0.1, 0.15) is 12.1 Å². The van der Waals surface area contributed by atoms with E-state index in [-0.39, 0.29) is 11.8 Å². The number of hydrogen-bond donors (Lipinski definition) is 1. The lowest BCUT2D eigenvalue weighted by Crippen LogP contribution is -2.41. The standard InChI is InChI=1S/C12H13N5O3S/c1-20-9-8-10(14-6-13-9)21-11(15-8)16-12(19)17-4-2-7(18)3-5-17/h6H,2-5H2,1H3,(H,15,16,19). The Morgan fingerprint density at radius 2 is 2.14 bits per heavy atom. The number of methoxy groups -OCH3 is 1. The first-order valence-corrected chi connectivity index (χ1v) is 7.22. The lowest BCUT2D eigenvalue weighted by atomic mass is 10.1. The number of aromatic nitrogens is 3. The van der Waals surface area contributed by atoms with Gasteiger partial charge in [0, 0.05) is 25.9 Å².